The molecule has 1 aliphatic heterocycles. The minimum Gasteiger partial charge on any atom is -0.444 e. The van der Waals surface area contributed by atoms with Crippen LogP contribution in [0.5, 0.6) is 0 Å². The Hall–Kier alpha value is -0.810. The van der Waals surface area contributed by atoms with E-state index < -0.39 is 5.60 Å². The van der Waals surface area contributed by atoms with Crippen molar-refractivity contribution in [2.45, 2.75) is 39.4 Å². The number of hydrogen-bond donors (Lipinski definition) is 1. The van der Waals surface area contributed by atoms with E-state index in [1.165, 1.54) is 0 Å². The van der Waals surface area contributed by atoms with Crippen molar-refractivity contribution in [2.75, 3.05) is 13.1 Å². The second-order valence-electron chi connectivity index (χ2n) is 4.99. The maximum absolute atomic E-state index is 11.5. The van der Waals surface area contributed by atoms with Crippen LogP contribution in [0.4, 0.5) is 4.79 Å². The molecule has 1 fully saturated rings. The van der Waals surface area contributed by atoms with Crippen molar-refractivity contribution in [3.8, 4) is 0 Å². The van der Waals surface area contributed by atoms with Crippen LogP contribution in [0.1, 0.15) is 27.7 Å². The third-order valence-corrected chi connectivity index (χ3v) is 2.44. The molecule has 2 N–H and O–H groups in total. The van der Waals surface area contributed by atoms with Crippen molar-refractivity contribution < 1.29 is 14.4 Å². The summed E-state index contributed by atoms with van der Waals surface area (Å²) in [6.07, 6.45) is -0.272. The van der Waals surface area contributed by atoms with Crippen molar-refractivity contribution >= 4 is 6.09 Å². The van der Waals surface area contributed by atoms with Gasteiger partial charge in [-0.3, -0.25) is 0 Å². The van der Waals surface area contributed by atoms with Gasteiger partial charge in [-0.2, -0.15) is 0 Å². The van der Waals surface area contributed by atoms with E-state index in [9.17, 15) is 4.79 Å². The number of rotatable bonds is 2. The SMILES string of the molecule is CC(ON)C1CN(C(=O)OC(C)(C)C)C1. The molecule has 0 radical (unpaired) electrons. The van der Waals surface area contributed by atoms with Crippen LogP contribution in [0.15, 0.2) is 0 Å². The second-order valence-corrected chi connectivity index (χ2v) is 4.99. The van der Waals surface area contributed by atoms with Crippen molar-refractivity contribution in [2.24, 2.45) is 11.8 Å². The molecular weight excluding hydrogens is 196 g/mol. The Labute approximate surface area is 90.5 Å². The molecule has 0 bridgehead atoms. The van der Waals surface area contributed by atoms with Crippen LogP contribution >= 0.6 is 0 Å². The van der Waals surface area contributed by atoms with Crippen LogP contribution in [0.3, 0.4) is 0 Å². The van der Waals surface area contributed by atoms with Crippen molar-refractivity contribution in [1.29, 1.82) is 0 Å². The van der Waals surface area contributed by atoms with Gasteiger partial charge in [0.2, 0.25) is 0 Å². The fourth-order valence-electron chi connectivity index (χ4n) is 1.40. The summed E-state index contributed by atoms with van der Waals surface area (Å²) in [7, 11) is 0. The van der Waals surface area contributed by atoms with Crippen molar-refractivity contribution in [1.82, 2.24) is 4.90 Å². The number of carbonyl (C=O) groups is 1. The predicted molar refractivity (Wildman–Crippen MR) is 56.0 cm³/mol. The Morgan fingerprint density at radius 2 is 2.00 bits per heavy atom. The molecule has 1 heterocycles. The monoisotopic (exact) mass is 216 g/mol. The van der Waals surface area contributed by atoms with Crippen LogP contribution in [0.2, 0.25) is 0 Å². The Bertz CT molecular complexity index is 231. The van der Waals surface area contributed by atoms with Gasteiger partial charge in [-0.25, -0.2) is 10.7 Å². The number of ether oxygens (including phenoxy) is 1. The average molecular weight is 216 g/mol. The highest BCUT2D eigenvalue weighted by Gasteiger charge is 2.36. The van der Waals surface area contributed by atoms with E-state index in [-0.39, 0.29) is 12.2 Å². The van der Waals surface area contributed by atoms with E-state index in [1.807, 2.05) is 27.7 Å². The summed E-state index contributed by atoms with van der Waals surface area (Å²) in [6.45, 7) is 8.78. The molecule has 15 heavy (non-hydrogen) atoms. The zero-order chi connectivity index (χ0) is 11.6. The summed E-state index contributed by atoms with van der Waals surface area (Å²) >= 11 is 0. The number of nitrogens with zero attached hydrogens (tertiary/aromatic N) is 1. The van der Waals surface area contributed by atoms with E-state index in [0.717, 1.165) is 0 Å². The minimum atomic E-state index is -0.432. The van der Waals surface area contributed by atoms with Gasteiger partial charge in [0.1, 0.15) is 5.60 Å². The van der Waals surface area contributed by atoms with Crippen molar-refractivity contribution in [3.05, 3.63) is 0 Å². The largest absolute Gasteiger partial charge is 0.444 e. The zero-order valence-corrected chi connectivity index (χ0v) is 9.82. The summed E-state index contributed by atoms with van der Waals surface area (Å²) < 4.78 is 5.22. The normalized spacial score (nSPS) is 19.7. The lowest BCUT2D eigenvalue weighted by Gasteiger charge is -2.41. The second kappa shape index (κ2) is 4.37. The summed E-state index contributed by atoms with van der Waals surface area (Å²) in [4.78, 5) is 17.9. The Balaban J connectivity index is 2.30. The quantitative estimate of drug-likeness (QED) is 0.703. The summed E-state index contributed by atoms with van der Waals surface area (Å²) in [5, 5.41) is 0. The molecule has 1 atom stereocenters. The van der Waals surface area contributed by atoms with Gasteiger partial charge in [0.25, 0.3) is 0 Å². The van der Waals surface area contributed by atoms with Crippen LogP contribution in [0, 0.1) is 5.92 Å². The van der Waals surface area contributed by atoms with Gasteiger partial charge in [0.05, 0.1) is 6.10 Å². The molecule has 5 nitrogen and oxygen atoms in total. The molecule has 1 rings (SSSR count). The number of amides is 1. The maximum Gasteiger partial charge on any atom is 0.410 e. The molecule has 0 aromatic rings. The minimum absolute atomic E-state index is 0.0105. The first kappa shape index (κ1) is 12.3. The standard InChI is InChI=1S/C10H20N2O3/c1-7(15-11)8-5-12(6-8)9(13)14-10(2,3)4/h7-8H,5-6,11H2,1-4H3. The van der Waals surface area contributed by atoms with Gasteiger partial charge in [-0.1, -0.05) is 0 Å². The van der Waals surface area contributed by atoms with Gasteiger partial charge in [-0.15, -0.1) is 0 Å². The molecule has 1 saturated heterocycles. The Kier molecular flexibility index (Phi) is 3.57. The number of nitrogens with two attached hydrogens (primary N) is 1. The molecule has 1 amide bonds. The number of likely N-dealkylation sites (tertiary alicyclic amines) is 1. The van der Waals surface area contributed by atoms with E-state index in [1.54, 1.807) is 4.90 Å². The van der Waals surface area contributed by atoms with Gasteiger partial charge in [0, 0.05) is 19.0 Å². The summed E-state index contributed by atoms with van der Waals surface area (Å²) in [5.41, 5.74) is -0.432. The zero-order valence-electron chi connectivity index (χ0n) is 9.82. The molecule has 0 aromatic carbocycles. The van der Waals surface area contributed by atoms with Crippen LogP contribution < -0.4 is 5.90 Å². The molecule has 0 aliphatic carbocycles. The lowest BCUT2D eigenvalue weighted by atomic mass is 9.95. The van der Waals surface area contributed by atoms with E-state index in [2.05, 4.69) is 0 Å². The van der Waals surface area contributed by atoms with Crippen molar-refractivity contribution in [3.63, 3.8) is 0 Å². The fraction of sp³-hybridized carbons (Fsp3) is 0.900. The molecule has 1 unspecified atom stereocenters. The first-order valence-electron chi connectivity index (χ1n) is 5.17. The molecule has 5 heteroatoms. The molecule has 0 aromatic heterocycles. The summed E-state index contributed by atoms with van der Waals surface area (Å²) in [5.74, 6) is 5.39. The number of hydrogen-bond acceptors (Lipinski definition) is 4. The highest BCUT2D eigenvalue weighted by atomic mass is 16.6. The Morgan fingerprint density at radius 3 is 2.40 bits per heavy atom. The highest BCUT2D eigenvalue weighted by molar-refractivity contribution is 5.69. The smallest absolute Gasteiger partial charge is 0.410 e. The first-order chi connectivity index (χ1) is 6.83. The molecular formula is C10H20N2O3. The van der Waals surface area contributed by atoms with Crippen LogP contribution in [0.25, 0.3) is 0 Å². The van der Waals surface area contributed by atoms with Gasteiger partial charge in [-0.05, 0) is 27.7 Å². The van der Waals surface area contributed by atoms with Crippen LogP contribution in [-0.2, 0) is 9.57 Å². The lowest BCUT2D eigenvalue weighted by Crippen LogP contribution is -2.55. The molecule has 0 spiro atoms. The molecule has 88 valence electrons. The number of carbonyl (C=O) groups excluding carboxylic acids is 1. The predicted octanol–water partition coefficient (Wildman–Crippen LogP) is 1.13. The van der Waals surface area contributed by atoms with Gasteiger partial charge < -0.3 is 14.5 Å². The third-order valence-electron chi connectivity index (χ3n) is 2.44. The lowest BCUT2D eigenvalue weighted by molar-refractivity contribution is -0.0515. The molecule has 0 saturated carbocycles. The van der Waals surface area contributed by atoms with Gasteiger partial charge >= 0.3 is 6.09 Å². The van der Waals surface area contributed by atoms with E-state index in [4.69, 9.17) is 15.5 Å². The Morgan fingerprint density at radius 1 is 1.47 bits per heavy atom. The molecule has 1 aliphatic rings. The van der Waals surface area contributed by atoms with E-state index in [0.29, 0.717) is 19.0 Å². The van der Waals surface area contributed by atoms with Gasteiger partial charge in [0.15, 0.2) is 0 Å². The van der Waals surface area contributed by atoms with E-state index >= 15 is 0 Å². The highest BCUT2D eigenvalue weighted by Crippen LogP contribution is 2.22. The summed E-state index contributed by atoms with van der Waals surface area (Å²) in [6, 6.07) is 0. The first-order valence-corrected chi connectivity index (χ1v) is 5.17. The maximum atomic E-state index is 11.5. The average Bonchev–Trinajstić information content (AvgIpc) is 1.97. The topological polar surface area (TPSA) is 64.8 Å². The third kappa shape index (κ3) is 3.35. The van der Waals surface area contributed by atoms with Crippen LogP contribution in [-0.4, -0.2) is 35.8 Å². The fourth-order valence-corrected chi connectivity index (χ4v) is 1.40.